The van der Waals surface area contributed by atoms with E-state index >= 15 is 0 Å². The molecule has 23 heavy (non-hydrogen) atoms. The van der Waals surface area contributed by atoms with Crippen molar-refractivity contribution in [1.82, 2.24) is 4.98 Å². The third-order valence-electron chi connectivity index (χ3n) is 2.82. The Morgan fingerprint density at radius 2 is 1.65 bits per heavy atom. The molecular weight excluding hydrogens is 356 g/mol. The highest BCUT2D eigenvalue weighted by Gasteiger charge is 2.22. The van der Waals surface area contributed by atoms with Crippen molar-refractivity contribution in [2.24, 2.45) is 0 Å². The van der Waals surface area contributed by atoms with Gasteiger partial charge < -0.3 is 0 Å². The van der Waals surface area contributed by atoms with Crippen LogP contribution >= 0.6 is 11.3 Å². The van der Waals surface area contributed by atoms with E-state index in [0.717, 1.165) is 18.2 Å². The van der Waals surface area contributed by atoms with Crippen LogP contribution in [0.5, 0.6) is 0 Å². The Morgan fingerprint density at radius 3 is 2.35 bits per heavy atom. The van der Waals surface area contributed by atoms with E-state index in [9.17, 15) is 26.0 Å². The lowest BCUT2D eigenvalue weighted by Crippen LogP contribution is -2.14. The van der Waals surface area contributed by atoms with E-state index in [-0.39, 0.29) is 15.3 Å². The number of nitrogens with one attached hydrogen (secondary N) is 1. The van der Waals surface area contributed by atoms with Crippen molar-refractivity contribution < 1.29 is 26.0 Å². The quantitative estimate of drug-likeness (QED) is 0.724. The van der Waals surface area contributed by atoms with E-state index in [1.54, 1.807) is 0 Å². The molecule has 0 saturated heterocycles. The van der Waals surface area contributed by atoms with Gasteiger partial charge in [0.05, 0.1) is 4.70 Å². The van der Waals surface area contributed by atoms with Gasteiger partial charge in [-0.1, -0.05) is 11.3 Å². The number of fused-ring (bicyclic) bond motifs is 1. The average molecular weight is 362 g/mol. The number of halogens is 4. The number of rotatable bonds is 3. The first kappa shape index (κ1) is 15.7. The topological polar surface area (TPSA) is 59.1 Å². The molecule has 0 spiro atoms. The van der Waals surface area contributed by atoms with Gasteiger partial charge >= 0.3 is 0 Å². The summed E-state index contributed by atoms with van der Waals surface area (Å²) >= 11 is 0.678. The lowest BCUT2D eigenvalue weighted by atomic mass is 10.3. The van der Waals surface area contributed by atoms with Crippen LogP contribution in [-0.2, 0) is 10.0 Å². The Hall–Kier alpha value is -2.20. The van der Waals surface area contributed by atoms with E-state index in [0.29, 0.717) is 23.5 Å². The van der Waals surface area contributed by atoms with Gasteiger partial charge in [0.25, 0.3) is 10.0 Å². The fourth-order valence-corrected chi connectivity index (χ4v) is 4.06. The van der Waals surface area contributed by atoms with E-state index < -0.39 is 38.2 Å². The van der Waals surface area contributed by atoms with Crippen molar-refractivity contribution in [2.45, 2.75) is 4.90 Å². The van der Waals surface area contributed by atoms with Crippen molar-refractivity contribution in [3.8, 4) is 0 Å². The van der Waals surface area contributed by atoms with E-state index in [1.807, 2.05) is 4.72 Å². The molecule has 0 bridgehead atoms. The summed E-state index contributed by atoms with van der Waals surface area (Å²) in [5, 5.41) is -0.270. The number of nitrogens with zero attached hydrogens (tertiary/aromatic N) is 1. The number of hydrogen-bond acceptors (Lipinski definition) is 4. The molecule has 0 fully saturated rings. The zero-order valence-corrected chi connectivity index (χ0v) is 12.6. The van der Waals surface area contributed by atoms with E-state index in [1.165, 1.54) is 0 Å². The molecule has 0 aliphatic carbocycles. The maximum Gasteiger partial charge on any atom is 0.266 e. The van der Waals surface area contributed by atoms with Gasteiger partial charge in [-0.25, -0.2) is 31.0 Å². The number of aromatic nitrogens is 1. The molecule has 0 atom stereocenters. The van der Waals surface area contributed by atoms with Gasteiger partial charge in [-0.05, 0) is 18.2 Å². The summed E-state index contributed by atoms with van der Waals surface area (Å²) in [4.78, 5) is 2.91. The Morgan fingerprint density at radius 1 is 0.957 bits per heavy atom. The Kier molecular flexibility index (Phi) is 3.72. The molecule has 0 aliphatic rings. The van der Waals surface area contributed by atoms with E-state index in [4.69, 9.17) is 0 Å². The van der Waals surface area contributed by atoms with Crippen LogP contribution in [-0.4, -0.2) is 13.4 Å². The van der Waals surface area contributed by atoms with Crippen LogP contribution in [0.3, 0.4) is 0 Å². The minimum absolute atomic E-state index is 0.0831. The maximum absolute atomic E-state index is 13.6. The highest BCUT2D eigenvalue weighted by atomic mass is 32.2. The Labute approximate surface area is 131 Å². The smallest absolute Gasteiger partial charge is 0.255 e. The molecule has 0 saturated carbocycles. The molecule has 0 amide bonds. The molecule has 1 N–H and O–H groups in total. The van der Waals surface area contributed by atoms with Gasteiger partial charge in [-0.2, -0.15) is 0 Å². The van der Waals surface area contributed by atoms with Gasteiger partial charge in [0.2, 0.25) is 0 Å². The first-order valence-electron chi connectivity index (χ1n) is 6.00. The van der Waals surface area contributed by atoms with Crippen molar-refractivity contribution in [2.75, 3.05) is 4.72 Å². The van der Waals surface area contributed by atoms with E-state index in [2.05, 4.69) is 4.98 Å². The number of sulfonamides is 1. The third-order valence-corrected chi connectivity index (χ3v) is 5.24. The van der Waals surface area contributed by atoms with Gasteiger partial charge in [0.15, 0.2) is 10.9 Å². The van der Waals surface area contributed by atoms with Gasteiger partial charge in [0.1, 0.15) is 27.9 Å². The van der Waals surface area contributed by atoms with Crippen LogP contribution in [0.2, 0.25) is 0 Å². The summed E-state index contributed by atoms with van der Waals surface area (Å²) < 4.78 is 79.3. The SMILES string of the molecule is O=S(=O)(Nc1nc2c(F)cc(F)cc2s1)c1ccc(F)cc1F. The van der Waals surface area contributed by atoms with Crippen LogP contribution in [0.15, 0.2) is 35.2 Å². The number of benzene rings is 2. The fraction of sp³-hybridized carbons (Fsp3) is 0. The summed E-state index contributed by atoms with van der Waals surface area (Å²) in [6.45, 7) is 0. The van der Waals surface area contributed by atoms with Crippen molar-refractivity contribution in [1.29, 1.82) is 0 Å². The summed E-state index contributed by atoms with van der Waals surface area (Å²) in [5.41, 5.74) is -0.214. The van der Waals surface area contributed by atoms with Crippen LogP contribution in [0.25, 0.3) is 10.2 Å². The zero-order chi connectivity index (χ0) is 16.8. The zero-order valence-electron chi connectivity index (χ0n) is 11.0. The largest absolute Gasteiger partial charge is 0.266 e. The molecule has 3 aromatic rings. The maximum atomic E-state index is 13.6. The van der Waals surface area contributed by atoms with Crippen LogP contribution < -0.4 is 4.72 Å². The second-order valence-electron chi connectivity index (χ2n) is 4.43. The summed E-state index contributed by atoms with van der Waals surface area (Å²) in [6, 6.07) is 3.56. The van der Waals surface area contributed by atoms with Crippen molar-refractivity contribution in [3.63, 3.8) is 0 Å². The minimum Gasteiger partial charge on any atom is -0.255 e. The molecule has 0 radical (unpaired) electrons. The molecule has 10 heteroatoms. The molecule has 3 rings (SSSR count). The molecule has 4 nitrogen and oxygen atoms in total. The first-order chi connectivity index (χ1) is 10.8. The highest BCUT2D eigenvalue weighted by Crippen LogP contribution is 2.30. The molecular formula is C13H6F4N2O2S2. The van der Waals surface area contributed by atoms with Crippen LogP contribution in [0, 0.1) is 23.3 Å². The van der Waals surface area contributed by atoms with Gasteiger partial charge in [0, 0.05) is 12.1 Å². The molecule has 2 aromatic carbocycles. The predicted molar refractivity (Wildman–Crippen MR) is 76.7 cm³/mol. The summed E-state index contributed by atoms with van der Waals surface area (Å²) in [7, 11) is -4.39. The third kappa shape index (κ3) is 2.99. The molecule has 120 valence electrons. The molecule has 1 aromatic heterocycles. The lowest BCUT2D eigenvalue weighted by molar-refractivity contribution is 0.551. The van der Waals surface area contributed by atoms with Crippen molar-refractivity contribution in [3.05, 3.63) is 53.6 Å². The Bertz CT molecular complexity index is 1020. The second-order valence-corrected chi connectivity index (χ2v) is 7.12. The lowest BCUT2D eigenvalue weighted by Gasteiger charge is -2.05. The fourth-order valence-electron chi connectivity index (χ4n) is 1.86. The summed E-state index contributed by atoms with van der Waals surface area (Å²) in [5.74, 6) is -4.00. The van der Waals surface area contributed by atoms with Crippen LogP contribution in [0.4, 0.5) is 22.7 Å². The average Bonchev–Trinajstić information content (AvgIpc) is 2.79. The molecule has 0 aliphatic heterocycles. The summed E-state index contributed by atoms with van der Waals surface area (Å²) in [6.07, 6.45) is 0. The molecule has 1 heterocycles. The normalized spacial score (nSPS) is 11.8. The standard InChI is InChI=1S/C13H6F4N2O2S2/c14-6-1-2-11(8(16)3-6)23(20,21)19-13-18-12-9(17)4-7(15)5-10(12)22-13/h1-5H,(H,18,19). The van der Waals surface area contributed by atoms with Crippen molar-refractivity contribution >= 4 is 36.7 Å². The van der Waals surface area contributed by atoms with Gasteiger partial charge in [-0.15, -0.1) is 0 Å². The number of hydrogen-bond donors (Lipinski definition) is 1. The first-order valence-corrected chi connectivity index (χ1v) is 8.30. The molecule has 0 unspecified atom stereocenters. The van der Waals surface area contributed by atoms with Crippen LogP contribution in [0.1, 0.15) is 0 Å². The number of anilines is 1. The van der Waals surface area contributed by atoms with Gasteiger partial charge in [-0.3, -0.25) is 4.72 Å². The number of thiazole rings is 1. The monoisotopic (exact) mass is 362 g/mol. The Balaban J connectivity index is 2.02. The second kappa shape index (κ2) is 5.46. The highest BCUT2D eigenvalue weighted by molar-refractivity contribution is 7.93. The predicted octanol–water partition coefficient (Wildman–Crippen LogP) is 3.65. The minimum atomic E-state index is -4.39.